The topological polar surface area (TPSA) is 35.8 Å². The van der Waals surface area contributed by atoms with Crippen LogP contribution in [0.1, 0.15) is 11.1 Å². The first kappa shape index (κ1) is 8.62. The van der Waals surface area contributed by atoms with Crippen molar-refractivity contribution in [3.8, 4) is 6.07 Å². The third kappa shape index (κ3) is 1.56. The predicted molar refractivity (Wildman–Crippen MR) is 52.8 cm³/mol. The molecule has 0 bridgehead atoms. The molecule has 0 aromatic heterocycles. The molecule has 0 amide bonds. The number of hydrogen-bond donors (Lipinski definition) is 1. The first-order valence-corrected chi connectivity index (χ1v) is 5.42. The molecule has 1 N–H and O–H groups in total. The van der Waals surface area contributed by atoms with Crippen molar-refractivity contribution in [1.29, 1.82) is 5.26 Å². The van der Waals surface area contributed by atoms with Crippen molar-refractivity contribution in [2.75, 3.05) is 5.32 Å². The number of nitrogens with one attached hydrogen (secondary N) is 1. The summed E-state index contributed by atoms with van der Waals surface area (Å²) in [4.78, 5) is 0. The first-order chi connectivity index (χ1) is 6.33. The van der Waals surface area contributed by atoms with Gasteiger partial charge >= 0.3 is 85.5 Å². The Balaban J connectivity index is 2.32. The van der Waals surface area contributed by atoms with Crippen LogP contribution < -0.4 is 5.32 Å². The van der Waals surface area contributed by atoms with Gasteiger partial charge in [-0.05, 0) is 0 Å². The summed E-state index contributed by atoms with van der Waals surface area (Å²) in [6.07, 6.45) is 1.03. The molecule has 1 atom stereocenters. The van der Waals surface area contributed by atoms with Crippen molar-refractivity contribution in [2.45, 2.75) is 17.8 Å². The summed E-state index contributed by atoms with van der Waals surface area (Å²) < 4.78 is 0. The van der Waals surface area contributed by atoms with E-state index in [0.717, 1.165) is 17.3 Å². The van der Waals surface area contributed by atoms with Gasteiger partial charge in [0.15, 0.2) is 0 Å². The summed E-state index contributed by atoms with van der Waals surface area (Å²) in [6.45, 7) is 0. The Morgan fingerprint density at radius 3 is 3.15 bits per heavy atom. The Morgan fingerprint density at radius 1 is 1.62 bits per heavy atom. The van der Waals surface area contributed by atoms with Crippen LogP contribution in [0.3, 0.4) is 0 Å². The van der Waals surface area contributed by atoms with Crippen molar-refractivity contribution < 1.29 is 0 Å². The molecule has 2 nitrogen and oxygen atoms in total. The van der Waals surface area contributed by atoms with E-state index in [1.165, 1.54) is 11.3 Å². The SMILES string of the molecule is N#Cc1ccc2c(c1)CC(C[Se])N2. The number of benzene rings is 1. The van der Waals surface area contributed by atoms with Crippen LogP contribution >= 0.6 is 0 Å². The molecule has 0 aliphatic carbocycles. The second kappa shape index (κ2) is 3.41. The van der Waals surface area contributed by atoms with Gasteiger partial charge in [0.2, 0.25) is 0 Å². The molecule has 1 unspecified atom stereocenters. The quantitative estimate of drug-likeness (QED) is 0.750. The van der Waals surface area contributed by atoms with E-state index in [4.69, 9.17) is 5.26 Å². The molecule has 1 aliphatic heterocycles. The maximum absolute atomic E-state index is 8.72. The summed E-state index contributed by atoms with van der Waals surface area (Å²) in [6, 6.07) is 8.47. The third-order valence-electron chi connectivity index (χ3n) is 2.26. The Labute approximate surface area is 85.8 Å². The summed E-state index contributed by atoms with van der Waals surface area (Å²) in [5.41, 5.74) is 3.19. The number of nitriles is 1. The van der Waals surface area contributed by atoms with Crippen LogP contribution in [-0.2, 0) is 6.42 Å². The second-order valence-corrected chi connectivity index (χ2v) is 3.90. The summed E-state index contributed by atoms with van der Waals surface area (Å²) in [7, 11) is 0. The molecule has 0 saturated carbocycles. The van der Waals surface area contributed by atoms with Gasteiger partial charge in [0, 0.05) is 0 Å². The Bertz CT molecular complexity index is 368. The van der Waals surface area contributed by atoms with E-state index >= 15 is 0 Å². The molecule has 0 saturated heterocycles. The monoisotopic (exact) mass is 237 g/mol. The van der Waals surface area contributed by atoms with Gasteiger partial charge in [0.1, 0.15) is 0 Å². The molecule has 2 rings (SSSR count). The average molecular weight is 236 g/mol. The molecule has 65 valence electrons. The molecule has 1 heterocycles. The summed E-state index contributed by atoms with van der Waals surface area (Å²) >= 11 is 3.02. The van der Waals surface area contributed by atoms with Gasteiger partial charge in [-0.25, -0.2) is 0 Å². The van der Waals surface area contributed by atoms with E-state index in [1.54, 1.807) is 0 Å². The third-order valence-corrected chi connectivity index (χ3v) is 3.11. The molecular formula is C10H9N2Se. The Kier molecular flexibility index (Phi) is 2.26. The van der Waals surface area contributed by atoms with Crippen LogP contribution in [0, 0.1) is 11.3 Å². The predicted octanol–water partition coefficient (Wildman–Crippen LogP) is 1.48. The number of nitrogens with zero attached hydrogens (tertiary/aromatic N) is 1. The van der Waals surface area contributed by atoms with Crippen LogP contribution in [0.15, 0.2) is 18.2 Å². The van der Waals surface area contributed by atoms with Gasteiger partial charge in [0.05, 0.1) is 0 Å². The zero-order chi connectivity index (χ0) is 9.26. The standard InChI is InChI=1S/C10H9N2Se/c11-5-7-1-2-10-8(3-7)4-9(6-13)12-10/h1-3,9,12H,4,6H2. The fourth-order valence-electron chi connectivity index (χ4n) is 1.61. The Hall–Kier alpha value is -0.971. The first-order valence-electron chi connectivity index (χ1n) is 4.21. The van der Waals surface area contributed by atoms with Gasteiger partial charge in [0.25, 0.3) is 0 Å². The minimum atomic E-state index is 0.504. The van der Waals surface area contributed by atoms with E-state index in [1.807, 2.05) is 18.2 Å². The fraction of sp³-hybridized carbons (Fsp3) is 0.300. The van der Waals surface area contributed by atoms with E-state index in [0.29, 0.717) is 6.04 Å². The molecule has 1 aromatic rings. The number of hydrogen-bond acceptors (Lipinski definition) is 2. The number of rotatable bonds is 1. The molecule has 1 aromatic carbocycles. The zero-order valence-electron chi connectivity index (χ0n) is 7.08. The van der Waals surface area contributed by atoms with Crippen molar-refractivity contribution in [1.82, 2.24) is 0 Å². The number of fused-ring (bicyclic) bond motifs is 1. The van der Waals surface area contributed by atoms with E-state index in [-0.39, 0.29) is 0 Å². The van der Waals surface area contributed by atoms with Crippen molar-refractivity contribution in [3.05, 3.63) is 29.3 Å². The summed E-state index contributed by atoms with van der Waals surface area (Å²) in [5, 5.41) is 13.1. The van der Waals surface area contributed by atoms with E-state index in [9.17, 15) is 0 Å². The molecule has 13 heavy (non-hydrogen) atoms. The molecule has 1 aliphatic rings. The fourth-order valence-corrected chi connectivity index (χ4v) is 2.03. The molecule has 3 heteroatoms. The van der Waals surface area contributed by atoms with Gasteiger partial charge in [-0.3, -0.25) is 0 Å². The second-order valence-electron chi connectivity index (χ2n) is 3.20. The minimum absolute atomic E-state index is 0.504. The van der Waals surface area contributed by atoms with Crippen LogP contribution in [0.2, 0.25) is 5.32 Å². The zero-order valence-corrected chi connectivity index (χ0v) is 8.79. The molecule has 0 fully saturated rings. The summed E-state index contributed by atoms with van der Waals surface area (Å²) in [5.74, 6) is 0. The van der Waals surface area contributed by atoms with Crippen molar-refractivity contribution >= 4 is 21.7 Å². The number of anilines is 1. The average Bonchev–Trinajstić information content (AvgIpc) is 2.58. The van der Waals surface area contributed by atoms with Crippen LogP contribution in [-0.4, -0.2) is 22.1 Å². The van der Waals surface area contributed by atoms with Crippen LogP contribution in [0.5, 0.6) is 0 Å². The van der Waals surface area contributed by atoms with Crippen molar-refractivity contribution in [3.63, 3.8) is 0 Å². The van der Waals surface area contributed by atoms with Crippen LogP contribution in [0.25, 0.3) is 0 Å². The van der Waals surface area contributed by atoms with Gasteiger partial charge < -0.3 is 0 Å². The van der Waals surface area contributed by atoms with Gasteiger partial charge in [-0.2, -0.15) is 0 Å². The van der Waals surface area contributed by atoms with Gasteiger partial charge in [-0.15, -0.1) is 0 Å². The normalized spacial score (nSPS) is 18.9. The molecular weight excluding hydrogens is 227 g/mol. The van der Waals surface area contributed by atoms with Gasteiger partial charge in [-0.1, -0.05) is 0 Å². The van der Waals surface area contributed by atoms with Crippen molar-refractivity contribution in [2.24, 2.45) is 0 Å². The maximum atomic E-state index is 8.72. The Morgan fingerprint density at radius 2 is 2.46 bits per heavy atom. The van der Waals surface area contributed by atoms with Crippen LogP contribution in [0.4, 0.5) is 5.69 Å². The van der Waals surface area contributed by atoms with E-state index < -0.39 is 0 Å². The van der Waals surface area contributed by atoms with E-state index in [2.05, 4.69) is 27.4 Å². The molecule has 0 spiro atoms. The molecule has 1 radical (unpaired) electrons.